The van der Waals surface area contributed by atoms with Gasteiger partial charge in [0, 0.05) is 67.5 Å². The van der Waals surface area contributed by atoms with Crippen LogP contribution in [0.1, 0.15) is 32.0 Å². The zero-order chi connectivity index (χ0) is 30.6. The lowest BCUT2D eigenvalue weighted by Crippen LogP contribution is -2.44. The number of nitrogens with one attached hydrogen (secondary N) is 3. The molecule has 2 aromatic carbocycles. The third-order valence-electron chi connectivity index (χ3n) is 7.28. The van der Waals surface area contributed by atoms with Crippen molar-refractivity contribution in [3.05, 3.63) is 72.4 Å². The summed E-state index contributed by atoms with van der Waals surface area (Å²) in [6.07, 6.45) is 1.40. The first kappa shape index (κ1) is 29.8. The van der Waals surface area contributed by atoms with E-state index in [1.807, 2.05) is 51.1 Å². The van der Waals surface area contributed by atoms with Gasteiger partial charge in [0.15, 0.2) is 0 Å². The molecule has 0 bridgehead atoms. The van der Waals surface area contributed by atoms with Crippen molar-refractivity contribution in [1.29, 1.82) is 0 Å². The molecule has 0 unspecified atom stereocenters. The lowest BCUT2D eigenvalue weighted by molar-refractivity contribution is -0.111. The van der Waals surface area contributed by atoms with Gasteiger partial charge in [-0.15, -0.1) is 0 Å². The topological polar surface area (TPSA) is 115 Å². The molecule has 2 amide bonds. The third-order valence-corrected chi connectivity index (χ3v) is 7.28. The normalized spacial score (nSPS) is 15.3. The second kappa shape index (κ2) is 12.7. The Hall–Kier alpha value is -4.64. The Morgan fingerprint density at radius 1 is 0.930 bits per heavy atom. The molecule has 5 rings (SSSR count). The fraction of sp³-hybridized carbons (Fsp3) is 0.375. The first-order chi connectivity index (χ1) is 20.6. The van der Waals surface area contributed by atoms with Gasteiger partial charge in [0.25, 0.3) is 0 Å². The Bertz CT molecular complexity index is 1480. The van der Waals surface area contributed by atoms with Crippen molar-refractivity contribution >= 4 is 46.5 Å². The van der Waals surface area contributed by atoms with Gasteiger partial charge in [-0.1, -0.05) is 12.6 Å². The molecule has 0 saturated carbocycles. The van der Waals surface area contributed by atoms with Crippen LogP contribution in [0.15, 0.2) is 61.2 Å². The van der Waals surface area contributed by atoms with Crippen LogP contribution in [0.5, 0.6) is 0 Å². The Labute approximate surface area is 252 Å². The number of ether oxygens (including phenoxy) is 1. The van der Waals surface area contributed by atoms with Gasteiger partial charge in [0.2, 0.25) is 11.9 Å². The van der Waals surface area contributed by atoms with E-state index in [0.717, 1.165) is 48.8 Å². The van der Waals surface area contributed by atoms with Crippen LogP contribution in [-0.4, -0.2) is 77.1 Å². The molecule has 3 N–H and O–H groups in total. The van der Waals surface area contributed by atoms with Gasteiger partial charge >= 0.3 is 6.09 Å². The molecule has 0 aliphatic carbocycles. The number of rotatable bonds is 7. The molecule has 1 saturated heterocycles. The molecular formula is C32H40N8O3. The highest BCUT2D eigenvalue weighted by atomic mass is 16.6. The van der Waals surface area contributed by atoms with Gasteiger partial charge in [-0.2, -0.15) is 4.98 Å². The molecule has 0 spiro atoms. The number of likely N-dealkylation sites (N-methyl/N-ethyl adjacent to an activating group) is 1. The zero-order valence-electron chi connectivity index (χ0n) is 25.3. The van der Waals surface area contributed by atoms with Crippen molar-refractivity contribution in [2.45, 2.75) is 39.3 Å². The smallest absolute Gasteiger partial charge is 0.410 e. The Kier molecular flexibility index (Phi) is 8.81. The van der Waals surface area contributed by atoms with Crippen molar-refractivity contribution < 1.29 is 14.3 Å². The van der Waals surface area contributed by atoms with Crippen LogP contribution in [0.3, 0.4) is 0 Å². The van der Waals surface area contributed by atoms with Crippen LogP contribution in [0.2, 0.25) is 0 Å². The van der Waals surface area contributed by atoms with Crippen molar-refractivity contribution in [2.75, 3.05) is 60.6 Å². The summed E-state index contributed by atoms with van der Waals surface area (Å²) in [5.41, 5.74) is 4.48. The number of hydrogen-bond acceptors (Lipinski definition) is 9. The molecule has 43 heavy (non-hydrogen) atoms. The highest BCUT2D eigenvalue weighted by Gasteiger charge is 2.29. The quantitative estimate of drug-likeness (QED) is 0.325. The van der Waals surface area contributed by atoms with E-state index < -0.39 is 5.60 Å². The minimum atomic E-state index is -0.598. The van der Waals surface area contributed by atoms with Gasteiger partial charge in [-0.3, -0.25) is 4.79 Å². The van der Waals surface area contributed by atoms with Crippen LogP contribution < -0.4 is 20.9 Å². The highest BCUT2D eigenvalue weighted by Crippen LogP contribution is 2.31. The molecule has 0 atom stereocenters. The zero-order valence-corrected chi connectivity index (χ0v) is 25.3. The first-order valence-electron chi connectivity index (χ1n) is 14.5. The standard InChI is InChI=1S/C32H40N8O3/c1-6-28(41)33-23-8-7-9-24(20-23)34-29-26-21-40(31(42)43-32(2,3)4)15-14-27(26)36-30(37-29)35-22-10-12-25(13-11-22)39-18-16-38(5)17-19-39/h6-13,20H,1,14-19,21H2,2-5H3,(H,33,41)(H2,34,35,36,37). The molecule has 11 heteroatoms. The van der Waals surface area contributed by atoms with Crippen LogP contribution in [0.4, 0.5) is 39.3 Å². The van der Waals surface area contributed by atoms with Gasteiger partial charge in [-0.25, -0.2) is 9.78 Å². The summed E-state index contributed by atoms with van der Waals surface area (Å²) in [6.45, 7) is 14.0. The molecule has 3 heterocycles. The summed E-state index contributed by atoms with van der Waals surface area (Å²) in [7, 11) is 2.15. The predicted molar refractivity (Wildman–Crippen MR) is 170 cm³/mol. The maximum atomic E-state index is 12.9. The molecule has 1 aromatic heterocycles. The molecule has 3 aromatic rings. The van der Waals surface area contributed by atoms with E-state index >= 15 is 0 Å². The molecule has 2 aliphatic rings. The molecule has 2 aliphatic heterocycles. The van der Waals surface area contributed by atoms with E-state index in [4.69, 9.17) is 14.7 Å². The van der Waals surface area contributed by atoms with Crippen molar-refractivity contribution in [2.24, 2.45) is 0 Å². The fourth-order valence-electron chi connectivity index (χ4n) is 5.01. The number of anilines is 6. The Morgan fingerprint density at radius 3 is 2.35 bits per heavy atom. The number of aromatic nitrogens is 2. The summed E-state index contributed by atoms with van der Waals surface area (Å²) in [4.78, 5) is 40.9. The van der Waals surface area contributed by atoms with Crippen LogP contribution >= 0.6 is 0 Å². The second-order valence-electron chi connectivity index (χ2n) is 11.8. The van der Waals surface area contributed by atoms with Crippen LogP contribution in [-0.2, 0) is 22.5 Å². The monoisotopic (exact) mass is 584 g/mol. The summed E-state index contributed by atoms with van der Waals surface area (Å²) >= 11 is 0. The van der Waals surface area contributed by atoms with Gasteiger partial charge < -0.3 is 35.4 Å². The first-order valence-corrected chi connectivity index (χ1v) is 14.5. The summed E-state index contributed by atoms with van der Waals surface area (Å²) in [5.74, 6) is 0.729. The predicted octanol–water partition coefficient (Wildman–Crippen LogP) is 5.13. The summed E-state index contributed by atoms with van der Waals surface area (Å²) in [5, 5.41) is 9.54. The number of benzene rings is 2. The van der Waals surface area contributed by atoms with Crippen LogP contribution in [0.25, 0.3) is 0 Å². The van der Waals surface area contributed by atoms with Crippen molar-refractivity contribution in [3.63, 3.8) is 0 Å². The Morgan fingerprint density at radius 2 is 1.65 bits per heavy atom. The molecule has 11 nitrogen and oxygen atoms in total. The highest BCUT2D eigenvalue weighted by molar-refractivity contribution is 5.99. The average Bonchev–Trinajstić information content (AvgIpc) is 2.97. The summed E-state index contributed by atoms with van der Waals surface area (Å²) < 4.78 is 5.63. The van der Waals surface area contributed by atoms with Crippen molar-refractivity contribution in [3.8, 4) is 0 Å². The number of carbonyl (C=O) groups excluding carboxylic acids is 2. The van der Waals surface area contributed by atoms with E-state index in [1.165, 1.54) is 11.8 Å². The van der Waals surface area contributed by atoms with Gasteiger partial charge in [-0.05, 0) is 76.4 Å². The number of fused-ring (bicyclic) bond motifs is 1. The average molecular weight is 585 g/mol. The van der Waals surface area contributed by atoms with E-state index in [2.05, 4.69) is 51.5 Å². The lowest BCUT2D eigenvalue weighted by Gasteiger charge is -2.34. The Balaban J connectivity index is 1.40. The van der Waals surface area contributed by atoms with Gasteiger partial charge in [0.05, 0.1) is 12.2 Å². The number of hydrogen-bond donors (Lipinski definition) is 3. The second-order valence-corrected chi connectivity index (χ2v) is 11.8. The number of amides is 2. The number of carbonyl (C=O) groups is 2. The van der Waals surface area contributed by atoms with Crippen molar-refractivity contribution in [1.82, 2.24) is 19.8 Å². The maximum absolute atomic E-state index is 12.9. The lowest BCUT2D eigenvalue weighted by atomic mass is 10.1. The fourth-order valence-corrected chi connectivity index (χ4v) is 5.01. The minimum Gasteiger partial charge on any atom is -0.444 e. The molecule has 226 valence electrons. The van der Waals surface area contributed by atoms with Gasteiger partial charge in [0.1, 0.15) is 11.4 Å². The molecule has 0 radical (unpaired) electrons. The summed E-state index contributed by atoms with van der Waals surface area (Å²) in [6, 6.07) is 15.7. The SMILES string of the molecule is C=CC(=O)Nc1cccc(Nc2nc(Nc3ccc(N4CCN(C)CC4)cc3)nc3c2CN(C(=O)OC(C)(C)C)CC3)c1. The maximum Gasteiger partial charge on any atom is 0.410 e. The third kappa shape index (κ3) is 7.81. The van der Waals surface area contributed by atoms with E-state index in [9.17, 15) is 9.59 Å². The van der Waals surface area contributed by atoms with E-state index in [1.54, 1.807) is 11.0 Å². The van der Waals surface area contributed by atoms with E-state index in [0.29, 0.717) is 37.0 Å². The number of piperazine rings is 1. The molecule has 1 fully saturated rings. The van der Waals surface area contributed by atoms with E-state index in [-0.39, 0.29) is 12.0 Å². The minimum absolute atomic E-state index is 0.297. The van der Waals surface area contributed by atoms with Crippen LogP contribution in [0, 0.1) is 0 Å². The largest absolute Gasteiger partial charge is 0.444 e. The molecular weight excluding hydrogens is 544 g/mol. The number of nitrogens with zero attached hydrogens (tertiary/aromatic N) is 5.